The topological polar surface area (TPSA) is 46.3 Å². The van der Waals surface area contributed by atoms with Gasteiger partial charge in [-0.3, -0.25) is 4.79 Å². The van der Waals surface area contributed by atoms with E-state index in [4.69, 9.17) is 5.73 Å². The molecule has 0 aromatic rings. The molecule has 2 saturated carbocycles. The van der Waals surface area contributed by atoms with Crippen LogP contribution in [0.1, 0.15) is 70.6 Å². The van der Waals surface area contributed by atoms with Crippen molar-refractivity contribution in [1.82, 2.24) is 4.90 Å². The minimum Gasteiger partial charge on any atom is -0.342 e. The normalized spacial score (nSPS) is 24.7. The first-order valence-corrected chi connectivity index (χ1v) is 8.17. The highest BCUT2D eigenvalue weighted by atomic mass is 16.2. The summed E-state index contributed by atoms with van der Waals surface area (Å²) in [6.45, 7) is 0.531. The van der Waals surface area contributed by atoms with E-state index in [0.717, 1.165) is 12.8 Å². The van der Waals surface area contributed by atoms with Gasteiger partial charge in [-0.05, 0) is 25.7 Å². The van der Waals surface area contributed by atoms with Crippen LogP contribution >= 0.6 is 0 Å². The van der Waals surface area contributed by atoms with Gasteiger partial charge in [0.05, 0.1) is 5.41 Å². The molecule has 3 nitrogen and oxygen atoms in total. The lowest BCUT2D eigenvalue weighted by molar-refractivity contribution is -0.144. The fourth-order valence-electron chi connectivity index (χ4n) is 3.92. The number of nitrogens with two attached hydrogens (primary N) is 1. The summed E-state index contributed by atoms with van der Waals surface area (Å²) in [5.41, 5.74) is 5.78. The molecule has 2 N–H and O–H groups in total. The van der Waals surface area contributed by atoms with Crippen LogP contribution < -0.4 is 5.73 Å². The van der Waals surface area contributed by atoms with E-state index in [1.165, 1.54) is 57.8 Å². The summed E-state index contributed by atoms with van der Waals surface area (Å²) in [7, 11) is 2.01. The number of hydrogen-bond donors (Lipinski definition) is 1. The Bertz CT molecular complexity index is 289. The van der Waals surface area contributed by atoms with Gasteiger partial charge in [0, 0.05) is 19.6 Å². The number of carbonyl (C=O) groups is 1. The van der Waals surface area contributed by atoms with Crippen LogP contribution in [0.15, 0.2) is 0 Å². The number of rotatable bonds is 3. The maximum atomic E-state index is 12.9. The molecule has 110 valence electrons. The van der Waals surface area contributed by atoms with Gasteiger partial charge in [0.25, 0.3) is 0 Å². The smallest absolute Gasteiger partial charge is 0.230 e. The van der Waals surface area contributed by atoms with Gasteiger partial charge in [-0.15, -0.1) is 0 Å². The second-order valence-corrected chi connectivity index (χ2v) is 6.61. The van der Waals surface area contributed by atoms with Crippen molar-refractivity contribution in [2.75, 3.05) is 13.6 Å². The molecule has 2 aliphatic rings. The zero-order valence-corrected chi connectivity index (χ0v) is 12.5. The highest BCUT2D eigenvalue weighted by Crippen LogP contribution is 2.37. The van der Waals surface area contributed by atoms with E-state index in [1.807, 2.05) is 7.05 Å². The fraction of sp³-hybridized carbons (Fsp3) is 0.938. The summed E-state index contributed by atoms with van der Waals surface area (Å²) >= 11 is 0. The Kier molecular flexibility index (Phi) is 5.26. The summed E-state index contributed by atoms with van der Waals surface area (Å²) < 4.78 is 0. The summed E-state index contributed by atoms with van der Waals surface area (Å²) in [6, 6.07) is 0.466. The van der Waals surface area contributed by atoms with Crippen molar-refractivity contribution in [1.29, 1.82) is 0 Å². The van der Waals surface area contributed by atoms with Crippen LogP contribution in [-0.4, -0.2) is 30.4 Å². The van der Waals surface area contributed by atoms with Gasteiger partial charge in [0.1, 0.15) is 0 Å². The van der Waals surface area contributed by atoms with E-state index in [0.29, 0.717) is 18.5 Å². The maximum absolute atomic E-state index is 12.9. The quantitative estimate of drug-likeness (QED) is 0.798. The average molecular weight is 266 g/mol. The van der Waals surface area contributed by atoms with Crippen molar-refractivity contribution in [2.24, 2.45) is 11.1 Å². The Morgan fingerprint density at radius 3 is 2.11 bits per heavy atom. The molecule has 2 aliphatic carbocycles. The van der Waals surface area contributed by atoms with E-state index in [-0.39, 0.29) is 5.41 Å². The first-order chi connectivity index (χ1) is 9.19. The lowest BCUT2D eigenvalue weighted by Crippen LogP contribution is -2.50. The zero-order chi connectivity index (χ0) is 13.7. The predicted octanol–water partition coefficient (Wildman–Crippen LogP) is 3.08. The SMILES string of the molecule is CN(C(=O)C1(CN)CCCCCC1)C1CCCCC1. The lowest BCUT2D eigenvalue weighted by Gasteiger charge is -2.39. The summed E-state index contributed by atoms with van der Waals surface area (Å²) in [6.07, 6.45) is 13.1. The Morgan fingerprint density at radius 1 is 1.05 bits per heavy atom. The molecule has 0 heterocycles. The molecule has 19 heavy (non-hydrogen) atoms. The molecule has 0 radical (unpaired) electrons. The van der Waals surface area contributed by atoms with Crippen LogP contribution in [0, 0.1) is 5.41 Å². The Morgan fingerprint density at radius 2 is 1.58 bits per heavy atom. The van der Waals surface area contributed by atoms with E-state index in [2.05, 4.69) is 4.90 Å². The van der Waals surface area contributed by atoms with Gasteiger partial charge in [-0.2, -0.15) is 0 Å². The third kappa shape index (κ3) is 3.31. The molecule has 0 unspecified atom stereocenters. The van der Waals surface area contributed by atoms with Crippen molar-refractivity contribution >= 4 is 5.91 Å². The molecule has 2 rings (SSSR count). The first kappa shape index (κ1) is 14.8. The van der Waals surface area contributed by atoms with E-state index in [9.17, 15) is 4.79 Å². The maximum Gasteiger partial charge on any atom is 0.230 e. The van der Waals surface area contributed by atoms with E-state index < -0.39 is 0 Å². The third-order valence-electron chi connectivity index (χ3n) is 5.35. The highest BCUT2D eigenvalue weighted by Gasteiger charge is 2.40. The minimum atomic E-state index is -0.247. The van der Waals surface area contributed by atoms with Crippen LogP contribution in [0.25, 0.3) is 0 Å². The van der Waals surface area contributed by atoms with Crippen molar-refractivity contribution in [3.8, 4) is 0 Å². The molecule has 0 atom stereocenters. The minimum absolute atomic E-state index is 0.247. The Labute approximate surface area is 117 Å². The molecular weight excluding hydrogens is 236 g/mol. The lowest BCUT2D eigenvalue weighted by atomic mass is 9.78. The van der Waals surface area contributed by atoms with Crippen molar-refractivity contribution in [3.05, 3.63) is 0 Å². The van der Waals surface area contributed by atoms with Crippen LogP contribution in [0.2, 0.25) is 0 Å². The monoisotopic (exact) mass is 266 g/mol. The van der Waals surface area contributed by atoms with Gasteiger partial charge in [-0.1, -0.05) is 44.9 Å². The van der Waals surface area contributed by atoms with Crippen molar-refractivity contribution < 1.29 is 4.79 Å². The molecule has 3 heteroatoms. The van der Waals surface area contributed by atoms with E-state index >= 15 is 0 Å². The summed E-state index contributed by atoms with van der Waals surface area (Å²) in [4.78, 5) is 15.0. The standard InChI is InChI=1S/C16H30N2O/c1-18(14-9-5-4-6-10-14)15(19)16(13-17)11-7-2-3-8-12-16/h14H,2-13,17H2,1H3. The van der Waals surface area contributed by atoms with Gasteiger partial charge in [-0.25, -0.2) is 0 Å². The Balaban J connectivity index is 2.05. The zero-order valence-electron chi connectivity index (χ0n) is 12.5. The molecule has 0 aromatic heterocycles. The summed E-state index contributed by atoms with van der Waals surface area (Å²) in [5, 5.41) is 0. The number of amides is 1. The van der Waals surface area contributed by atoms with Crippen molar-refractivity contribution in [3.63, 3.8) is 0 Å². The molecule has 2 fully saturated rings. The molecule has 0 spiro atoms. The molecule has 0 aromatic carbocycles. The number of hydrogen-bond acceptors (Lipinski definition) is 2. The van der Waals surface area contributed by atoms with Crippen LogP contribution in [-0.2, 0) is 4.79 Å². The summed E-state index contributed by atoms with van der Waals surface area (Å²) in [5.74, 6) is 0.337. The van der Waals surface area contributed by atoms with Gasteiger partial charge in [0.15, 0.2) is 0 Å². The van der Waals surface area contributed by atoms with E-state index in [1.54, 1.807) is 0 Å². The van der Waals surface area contributed by atoms with Gasteiger partial charge >= 0.3 is 0 Å². The second-order valence-electron chi connectivity index (χ2n) is 6.61. The molecule has 0 saturated heterocycles. The second kappa shape index (κ2) is 6.74. The molecule has 1 amide bonds. The van der Waals surface area contributed by atoms with Crippen LogP contribution in [0.3, 0.4) is 0 Å². The predicted molar refractivity (Wildman–Crippen MR) is 78.8 cm³/mol. The Hall–Kier alpha value is -0.570. The van der Waals surface area contributed by atoms with Gasteiger partial charge in [0.2, 0.25) is 5.91 Å². The molecular formula is C16H30N2O. The third-order valence-corrected chi connectivity index (χ3v) is 5.35. The highest BCUT2D eigenvalue weighted by molar-refractivity contribution is 5.83. The molecule has 0 bridgehead atoms. The number of nitrogens with zero attached hydrogens (tertiary/aromatic N) is 1. The van der Waals surface area contributed by atoms with Crippen LogP contribution in [0.4, 0.5) is 0 Å². The fourth-order valence-corrected chi connectivity index (χ4v) is 3.92. The number of carbonyl (C=O) groups excluding carboxylic acids is 1. The first-order valence-electron chi connectivity index (χ1n) is 8.17. The van der Waals surface area contributed by atoms with Gasteiger partial charge < -0.3 is 10.6 Å². The van der Waals surface area contributed by atoms with Crippen LogP contribution in [0.5, 0.6) is 0 Å². The van der Waals surface area contributed by atoms with Crippen molar-refractivity contribution in [2.45, 2.75) is 76.7 Å². The molecule has 0 aliphatic heterocycles. The average Bonchev–Trinajstić information content (AvgIpc) is 2.73. The largest absolute Gasteiger partial charge is 0.342 e.